The van der Waals surface area contributed by atoms with Gasteiger partial charge in [0.25, 0.3) is 5.91 Å². The Morgan fingerprint density at radius 1 is 0.971 bits per heavy atom. The van der Waals surface area contributed by atoms with Crippen LogP contribution in [-0.4, -0.2) is 62.7 Å². The Labute approximate surface area is 206 Å². The van der Waals surface area contributed by atoms with Crippen LogP contribution >= 0.6 is 11.6 Å². The maximum atomic E-state index is 13.6. The Bertz CT molecular complexity index is 1430. The number of fused-ring (bicyclic) bond motifs is 1. The Kier molecular flexibility index (Phi) is 6.00. The molecule has 1 aliphatic rings. The van der Waals surface area contributed by atoms with Crippen molar-refractivity contribution >= 4 is 46.3 Å². The number of benzene rings is 2. The van der Waals surface area contributed by atoms with Crippen molar-refractivity contribution in [1.29, 1.82) is 0 Å². The highest BCUT2D eigenvalue weighted by molar-refractivity contribution is 6.33. The SMILES string of the molecule is Cc1ccccc1Nc1c(C(=O)N2CCN(c3ccccc3Cl)CC2)cnc2c(C(=O)O)cnn12. The molecule has 1 aliphatic heterocycles. The number of hydrogen-bond donors (Lipinski definition) is 2. The second-order valence-electron chi connectivity index (χ2n) is 8.29. The fourth-order valence-corrected chi connectivity index (χ4v) is 4.48. The van der Waals surface area contributed by atoms with Crippen molar-refractivity contribution in [2.24, 2.45) is 0 Å². The number of carboxylic acid groups (broad SMARTS) is 1. The van der Waals surface area contributed by atoms with E-state index in [1.807, 2.05) is 55.5 Å². The van der Waals surface area contributed by atoms with Gasteiger partial charge in [0.15, 0.2) is 5.65 Å². The van der Waals surface area contributed by atoms with Gasteiger partial charge in [-0.05, 0) is 30.7 Å². The molecule has 0 saturated carbocycles. The lowest BCUT2D eigenvalue weighted by Gasteiger charge is -2.36. The molecule has 2 N–H and O–H groups in total. The van der Waals surface area contributed by atoms with Gasteiger partial charge in [0.05, 0.1) is 16.9 Å². The zero-order valence-electron chi connectivity index (χ0n) is 19.0. The molecule has 2 aromatic heterocycles. The number of halogens is 1. The molecule has 0 aliphatic carbocycles. The first-order chi connectivity index (χ1) is 16.9. The first-order valence-electron chi connectivity index (χ1n) is 11.2. The minimum absolute atomic E-state index is 0.0369. The van der Waals surface area contributed by atoms with Gasteiger partial charge in [-0.2, -0.15) is 9.61 Å². The molecule has 5 rings (SSSR count). The second-order valence-corrected chi connectivity index (χ2v) is 8.70. The number of rotatable bonds is 5. The molecule has 1 saturated heterocycles. The number of carboxylic acids is 1. The van der Waals surface area contributed by atoms with Crippen molar-refractivity contribution in [3.8, 4) is 0 Å². The number of anilines is 3. The summed E-state index contributed by atoms with van der Waals surface area (Å²) in [5.74, 6) is -0.971. The normalized spacial score (nSPS) is 13.8. The standard InChI is InChI=1S/C25H23ClN6O3/c1-16-6-2-4-8-20(16)29-23-17(14-27-22-18(25(34)35)15-28-32(22)23)24(33)31-12-10-30(11-13-31)21-9-5-3-7-19(21)26/h2-9,14-15,29H,10-13H2,1H3,(H,34,35). The average molecular weight is 491 g/mol. The molecule has 9 nitrogen and oxygen atoms in total. The van der Waals surface area contributed by atoms with Crippen LogP contribution in [0.15, 0.2) is 60.9 Å². The van der Waals surface area contributed by atoms with E-state index in [0.717, 1.165) is 16.9 Å². The summed E-state index contributed by atoms with van der Waals surface area (Å²) in [7, 11) is 0. The van der Waals surface area contributed by atoms with Crippen molar-refractivity contribution in [2.45, 2.75) is 6.92 Å². The predicted molar refractivity (Wildman–Crippen MR) is 134 cm³/mol. The summed E-state index contributed by atoms with van der Waals surface area (Å²) in [6, 6.07) is 15.3. The summed E-state index contributed by atoms with van der Waals surface area (Å²) in [4.78, 5) is 33.5. The number of aryl methyl sites for hydroxylation is 1. The monoisotopic (exact) mass is 490 g/mol. The fourth-order valence-electron chi connectivity index (χ4n) is 4.23. The molecule has 10 heteroatoms. The quantitative estimate of drug-likeness (QED) is 0.434. The zero-order chi connectivity index (χ0) is 24.5. The number of nitrogens with one attached hydrogen (secondary N) is 1. The number of nitrogens with zero attached hydrogens (tertiary/aromatic N) is 5. The van der Waals surface area contributed by atoms with Crippen LogP contribution < -0.4 is 10.2 Å². The third-order valence-corrected chi connectivity index (χ3v) is 6.47. The third-order valence-electron chi connectivity index (χ3n) is 6.15. The minimum atomic E-state index is -1.14. The largest absolute Gasteiger partial charge is 0.477 e. The highest BCUT2D eigenvalue weighted by atomic mass is 35.5. The fraction of sp³-hybridized carbons (Fsp3) is 0.200. The molecule has 3 heterocycles. The maximum absolute atomic E-state index is 13.6. The molecule has 1 fully saturated rings. The number of para-hydroxylation sites is 2. The van der Waals surface area contributed by atoms with Crippen LogP contribution in [0.25, 0.3) is 5.65 Å². The van der Waals surface area contributed by atoms with Crippen molar-refractivity contribution in [1.82, 2.24) is 19.5 Å². The summed E-state index contributed by atoms with van der Waals surface area (Å²) < 4.78 is 1.38. The van der Waals surface area contributed by atoms with Crippen LogP contribution in [0, 0.1) is 6.92 Å². The number of aromatic carboxylic acids is 1. The lowest BCUT2D eigenvalue weighted by atomic mass is 10.1. The van der Waals surface area contributed by atoms with Gasteiger partial charge in [0.1, 0.15) is 16.9 Å². The van der Waals surface area contributed by atoms with Crippen LogP contribution in [0.1, 0.15) is 26.3 Å². The van der Waals surface area contributed by atoms with Crippen molar-refractivity contribution < 1.29 is 14.7 Å². The maximum Gasteiger partial charge on any atom is 0.341 e. The van der Waals surface area contributed by atoms with E-state index < -0.39 is 5.97 Å². The van der Waals surface area contributed by atoms with E-state index >= 15 is 0 Å². The average Bonchev–Trinajstić information content (AvgIpc) is 3.31. The Morgan fingerprint density at radius 2 is 1.69 bits per heavy atom. The summed E-state index contributed by atoms with van der Waals surface area (Å²) >= 11 is 6.35. The van der Waals surface area contributed by atoms with Crippen LogP contribution in [0.5, 0.6) is 0 Å². The third kappa shape index (κ3) is 4.26. The van der Waals surface area contributed by atoms with E-state index in [4.69, 9.17) is 11.6 Å². The van der Waals surface area contributed by atoms with Crippen LogP contribution in [0.4, 0.5) is 17.2 Å². The molecule has 4 aromatic rings. The molecule has 35 heavy (non-hydrogen) atoms. The Hall–Kier alpha value is -4.11. The molecular weight excluding hydrogens is 468 g/mol. The van der Waals surface area contributed by atoms with E-state index in [-0.39, 0.29) is 17.1 Å². The van der Waals surface area contributed by atoms with Gasteiger partial charge in [-0.15, -0.1) is 0 Å². The smallest absolute Gasteiger partial charge is 0.341 e. The van der Waals surface area contributed by atoms with Crippen LogP contribution in [-0.2, 0) is 0 Å². The van der Waals surface area contributed by atoms with Crippen molar-refractivity contribution in [3.05, 3.63) is 82.6 Å². The molecule has 0 spiro atoms. The number of aromatic nitrogens is 3. The number of amides is 1. The lowest BCUT2D eigenvalue weighted by molar-refractivity contribution is 0.0697. The van der Waals surface area contributed by atoms with Gasteiger partial charge in [-0.1, -0.05) is 41.9 Å². The Morgan fingerprint density at radius 3 is 2.40 bits per heavy atom. The number of piperazine rings is 1. The van der Waals surface area contributed by atoms with Crippen molar-refractivity contribution in [2.75, 3.05) is 36.4 Å². The highest BCUT2D eigenvalue weighted by Gasteiger charge is 2.27. The van der Waals surface area contributed by atoms with Gasteiger partial charge < -0.3 is 20.2 Å². The van der Waals surface area contributed by atoms with Gasteiger partial charge >= 0.3 is 5.97 Å². The summed E-state index contributed by atoms with van der Waals surface area (Å²) in [5.41, 5.74) is 3.13. The highest BCUT2D eigenvalue weighted by Crippen LogP contribution is 2.28. The van der Waals surface area contributed by atoms with E-state index in [1.165, 1.54) is 16.9 Å². The zero-order valence-corrected chi connectivity index (χ0v) is 19.7. The molecule has 178 valence electrons. The molecule has 0 unspecified atom stereocenters. The predicted octanol–water partition coefficient (Wildman–Crippen LogP) is 4.10. The van der Waals surface area contributed by atoms with Gasteiger partial charge in [-0.3, -0.25) is 4.79 Å². The van der Waals surface area contributed by atoms with E-state index in [0.29, 0.717) is 42.6 Å². The van der Waals surface area contributed by atoms with Crippen LogP contribution in [0.3, 0.4) is 0 Å². The molecule has 0 bridgehead atoms. The van der Waals surface area contributed by atoms with E-state index in [1.54, 1.807) is 4.90 Å². The minimum Gasteiger partial charge on any atom is -0.477 e. The second kappa shape index (κ2) is 9.27. The van der Waals surface area contributed by atoms with Crippen molar-refractivity contribution in [3.63, 3.8) is 0 Å². The lowest BCUT2D eigenvalue weighted by Crippen LogP contribution is -2.49. The first kappa shape index (κ1) is 22.7. The number of hydrogen-bond acceptors (Lipinski definition) is 6. The Balaban J connectivity index is 1.47. The van der Waals surface area contributed by atoms with E-state index in [9.17, 15) is 14.7 Å². The molecular formula is C25H23ClN6O3. The van der Waals surface area contributed by atoms with E-state index in [2.05, 4.69) is 20.3 Å². The first-order valence-corrected chi connectivity index (χ1v) is 11.5. The number of carbonyl (C=O) groups is 2. The van der Waals surface area contributed by atoms with Gasteiger partial charge in [-0.25, -0.2) is 9.78 Å². The summed E-state index contributed by atoms with van der Waals surface area (Å²) in [6.07, 6.45) is 2.66. The topological polar surface area (TPSA) is 103 Å². The van der Waals surface area contributed by atoms with Gasteiger partial charge in [0, 0.05) is 38.1 Å². The number of carbonyl (C=O) groups excluding carboxylic acids is 1. The molecule has 0 radical (unpaired) electrons. The molecule has 0 atom stereocenters. The molecule has 1 amide bonds. The molecule has 2 aromatic carbocycles. The summed E-state index contributed by atoms with van der Waals surface area (Å²) in [6.45, 7) is 4.23. The van der Waals surface area contributed by atoms with Crippen LogP contribution in [0.2, 0.25) is 5.02 Å². The summed E-state index contributed by atoms with van der Waals surface area (Å²) in [5, 5.41) is 17.7. The van der Waals surface area contributed by atoms with Gasteiger partial charge in [0.2, 0.25) is 0 Å².